The summed E-state index contributed by atoms with van der Waals surface area (Å²) >= 11 is 0. The van der Waals surface area contributed by atoms with E-state index in [-0.39, 0.29) is 12.7 Å². The highest BCUT2D eigenvalue weighted by Crippen LogP contribution is 2.32. The van der Waals surface area contributed by atoms with Crippen LogP contribution in [0.3, 0.4) is 0 Å². The van der Waals surface area contributed by atoms with Gasteiger partial charge in [0.05, 0.1) is 0 Å². The zero-order chi connectivity index (χ0) is 13.9. The molecule has 1 aromatic carbocycles. The van der Waals surface area contributed by atoms with E-state index in [1.807, 2.05) is 0 Å². The van der Waals surface area contributed by atoms with Gasteiger partial charge in [-0.2, -0.15) is 5.10 Å². The lowest BCUT2D eigenvalue weighted by Crippen LogP contribution is -2.24. The number of hydrogen-bond donors (Lipinski definition) is 1. The van der Waals surface area contributed by atoms with E-state index in [1.54, 1.807) is 18.2 Å². The number of benzene rings is 1. The van der Waals surface area contributed by atoms with Crippen molar-refractivity contribution in [2.24, 2.45) is 11.0 Å². The van der Waals surface area contributed by atoms with Gasteiger partial charge in [-0.15, -0.1) is 0 Å². The monoisotopic (exact) mass is 274 g/mol. The molecule has 20 heavy (non-hydrogen) atoms. The van der Waals surface area contributed by atoms with Crippen molar-refractivity contribution >= 4 is 11.6 Å². The molecule has 5 heteroatoms. The van der Waals surface area contributed by atoms with Crippen molar-refractivity contribution in [2.45, 2.75) is 32.6 Å². The highest BCUT2D eigenvalue weighted by Gasteiger charge is 2.18. The molecule has 0 aromatic heterocycles. The maximum absolute atomic E-state index is 12.1. The SMILES string of the molecule is CC1CCCC/C1=N\NC(=O)c1ccc2c(c1)OCO2. The Morgan fingerprint density at radius 3 is 3.00 bits per heavy atom. The van der Waals surface area contributed by atoms with Crippen LogP contribution in [0, 0.1) is 5.92 Å². The minimum atomic E-state index is -0.214. The molecule has 1 amide bonds. The molecule has 1 heterocycles. The van der Waals surface area contributed by atoms with Crippen LogP contribution >= 0.6 is 0 Å². The topological polar surface area (TPSA) is 59.9 Å². The van der Waals surface area contributed by atoms with E-state index < -0.39 is 0 Å². The molecule has 1 unspecified atom stereocenters. The van der Waals surface area contributed by atoms with Crippen LogP contribution in [0.2, 0.25) is 0 Å². The zero-order valence-corrected chi connectivity index (χ0v) is 11.5. The van der Waals surface area contributed by atoms with Gasteiger partial charge in [-0.1, -0.05) is 13.3 Å². The number of nitrogens with one attached hydrogen (secondary N) is 1. The van der Waals surface area contributed by atoms with Crippen molar-refractivity contribution in [1.82, 2.24) is 5.43 Å². The second-order valence-electron chi connectivity index (χ2n) is 5.26. The molecule has 1 aromatic rings. The number of hydrazone groups is 1. The van der Waals surface area contributed by atoms with Gasteiger partial charge in [0.1, 0.15) is 0 Å². The number of hydrogen-bond acceptors (Lipinski definition) is 4. The second kappa shape index (κ2) is 5.53. The predicted molar refractivity (Wildman–Crippen MR) is 75.1 cm³/mol. The first kappa shape index (κ1) is 13.0. The molecule has 1 fully saturated rings. The van der Waals surface area contributed by atoms with Crippen LogP contribution in [0.4, 0.5) is 0 Å². The maximum Gasteiger partial charge on any atom is 0.271 e. The van der Waals surface area contributed by atoms with Crippen molar-refractivity contribution in [3.8, 4) is 11.5 Å². The third-order valence-electron chi connectivity index (χ3n) is 3.82. The van der Waals surface area contributed by atoms with Gasteiger partial charge in [-0.25, -0.2) is 5.43 Å². The number of carbonyl (C=O) groups excluding carboxylic acids is 1. The lowest BCUT2D eigenvalue weighted by atomic mass is 9.89. The average Bonchev–Trinajstić information content (AvgIpc) is 2.93. The van der Waals surface area contributed by atoms with Gasteiger partial charge in [0.2, 0.25) is 6.79 Å². The highest BCUT2D eigenvalue weighted by molar-refractivity contribution is 5.96. The smallest absolute Gasteiger partial charge is 0.271 e. The summed E-state index contributed by atoms with van der Waals surface area (Å²) in [6, 6.07) is 5.14. The lowest BCUT2D eigenvalue weighted by molar-refractivity contribution is 0.0954. The molecule has 3 rings (SSSR count). The molecular weight excluding hydrogens is 256 g/mol. The second-order valence-corrected chi connectivity index (χ2v) is 5.26. The molecule has 1 aliphatic carbocycles. The number of nitrogens with zero attached hydrogens (tertiary/aromatic N) is 1. The molecule has 1 saturated carbocycles. The maximum atomic E-state index is 12.1. The van der Waals surface area contributed by atoms with Crippen molar-refractivity contribution in [1.29, 1.82) is 0 Å². The molecule has 5 nitrogen and oxygen atoms in total. The fourth-order valence-electron chi connectivity index (χ4n) is 2.56. The number of amides is 1. The molecule has 1 atom stereocenters. The number of ether oxygens (including phenoxy) is 2. The zero-order valence-electron chi connectivity index (χ0n) is 11.5. The Kier molecular flexibility index (Phi) is 3.58. The fraction of sp³-hybridized carbons (Fsp3) is 0.467. The van der Waals surface area contributed by atoms with E-state index >= 15 is 0 Å². The first-order chi connectivity index (χ1) is 9.74. The van der Waals surface area contributed by atoms with Gasteiger partial charge in [0.25, 0.3) is 5.91 Å². The number of rotatable bonds is 2. The Morgan fingerprint density at radius 2 is 2.15 bits per heavy atom. The van der Waals surface area contributed by atoms with Gasteiger partial charge < -0.3 is 9.47 Å². The summed E-state index contributed by atoms with van der Waals surface area (Å²) in [6.45, 7) is 2.37. The summed E-state index contributed by atoms with van der Waals surface area (Å²) < 4.78 is 10.5. The summed E-state index contributed by atoms with van der Waals surface area (Å²) in [6.07, 6.45) is 4.53. The summed E-state index contributed by atoms with van der Waals surface area (Å²) in [5.41, 5.74) is 4.26. The van der Waals surface area contributed by atoms with Crippen LogP contribution in [0.1, 0.15) is 43.0 Å². The number of carbonyl (C=O) groups is 1. The van der Waals surface area contributed by atoms with Crippen LogP contribution in [-0.4, -0.2) is 18.4 Å². The van der Waals surface area contributed by atoms with Crippen molar-refractivity contribution < 1.29 is 14.3 Å². The van der Waals surface area contributed by atoms with Gasteiger partial charge in [-0.05, 0) is 43.4 Å². The fourth-order valence-corrected chi connectivity index (χ4v) is 2.56. The first-order valence-electron chi connectivity index (χ1n) is 7.00. The Hall–Kier alpha value is -2.04. The summed E-state index contributed by atoms with van der Waals surface area (Å²) in [7, 11) is 0. The molecule has 2 aliphatic rings. The summed E-state index contributed by atoms with van der Waals surface area (Å²) in [5, 5.41) is 4.28. The Balaban J connectivity index is 1.68. The van der Waals surface area contributed by atoms with Gasteiger partial charge in [-0.3, -0.25) is 4.79 Å². The van der Waals surface area contributed by atoms with E-state index in [4.69, 9.17) is 9.47 Å². The van der Waals surface area contributed by atoms with E-state index in [0.29, 0.717) is 23.0 Å². The van der Waals surface area contributed by atoms with Crippen LogP contribution in [0.25, 0.3) is 0 Å². The summed E-state index contributed by atoms with van der Waals surface area (Å²) in [5.74, 6) is 1.53. The molecule has 0 radical (unpaired) electrons. The first-order valence-corrected chi connectivity index (χ1v) is 7.00. The van der Waals surface area contributed by atoms with Gasteiger partial charge >= 0.3 is 0 Å². The highest BCUT2D eigenvalue weighted by atomic mass is 16.7. The average molecular weight is 274 g/mol. The predicted octanol–water partition coefficient (Wildman–Crippen LogP) is 2.71. The minimum Gasteiger partial charge on any atom is -0.454 e. The largest absolute Gasteiger partial charge is 0.454 e. The normalized spacial score (nSPS) is 22.9. The summed E-state index contributed by atoms with van der Waals surface area (Å²) in [4.78, 5) is 12.1. The van der Waals surface area contributed by atoms with Crippen molar-refractivity contribution in [2.75, 3.05) is 6.79 Å². The lowest BCUT2D eigenvalue weighted by Gasteiger charge is -2.19. The van der Waals surface area contributed by atoms with Crippen LogP contribution in [0.15, 0.2) is 23.3 Å². The minimum absolute atomic E-state index is 0.209. The van der Waals surface area contributed by atoms with Crippen LogP contribution in [0.5, 0.6) is 11.5 Å². The van der Waals surface area contributed by atoms with Crippen LogP contribution in [-0.2, 0) is 0 Å². The molecule has 0 bridgehead atoms. The van der Waals surface area contributed by atoms with Gasteiger partial charge in [0.15, 0.2) is 11.5 Å². The van der Waals surface area contributed by atoms with E-state index in [1.165, 1.54) is 6.42 Å². The van der Waals surface area contributed by atoms with E-state index in [9.17, 15) is 4.79 Å². The number of fused-ring (bicyclic) bond motifs is 1. The quantitative estimate of drug-likeness (QED) is 0.843. The van der Waals surface area contributed by atoms with E-state index in [0.717, 1.165) is 25.0 Å². The Morgan fingerprint density at radius 1 is 1.30 bits per heavy atom. The molecular formula is C15H18N2O3. The van der Waals surface area contributed by atoms with Crippen molar-refractivity contribution in [3.63, 3.8) is 0 Å². The third kappa shape index (κ3) is 2.61. The van der Waals surface area contributed by atoms with E-state index in [2.05, 4.69) is 17.5 Å². The molecule has 0 saturated heterocycles. The standard InChI is InChI=1S/C15H18N2O3/c1-10-4-2-3-5-12(10)16-17-15(18)11-6-7-13-14(8-11)20-9-19-13/h6-8,10H,2-5,9H2,1H3,(H,17,18)/b16-12+. The Bertz CT molecular complexity index is 554. The van der Waals surface area contributed by atoms with Gasteiger partial charge in [0, 0.05) is 11.3 Å². The van der Waals surface area contributed by atoms with Crippen LogP contribution < -0.4 is 14.9 Å². The molecule has 106 valence electrons. The molecule has 0 spiro atoms. The van der Waals surface area contributed by atoms with Crippen molar-refractivity contribution in [3.05, 3.63) is 23.8 Å². The Labute approximate surface area is 118 Å². The molecule has 1 N–H and O–H groups in total. The third-order valence-corrected chi connectivity index (χ3v) is 3.82. The molecule has 1 aliphatic heterocycles.